The summed E-state index contributed by atoms with van der Waals surface area (Å²) in [6.45, 7) is 6.04. The van der Waals surface area contributed by atoms with E-state index >= 15 is 0 Å². The average molecular weight is 595 g/mol. The van der Waals surface area contributed by atoms with Gasteiger partial charge in [-0.15, -0.1) is 0 Å². The normalized spacial score (nSPS) is 19.6. The maximum absolute atomic E-state index is 11.6. The van der Waals surface area contributed by atoms with Crippen molar-refractivity contribution in [3.05, 3.63) is 58.9 Å². The predicted octanol–water partition coefficient (Wildman–Crippen LogP) is 3.09. The smallest absolute Gasteiger partial charge is 0.402 e. The minimum Gasteiger partial charge on any atom is -0.474 e. The van der Waals surface area contributed by atoms with Crippen LogP contribution in [0.5, 0.6) is 11.6 Å². The fourth-order valence-corrected chi connectivity index (χ4v) is 5.50. The molecule has 1 aliphatic carbocycles. The number of anilines is 1. The summed E-state index contributed by atoms with van der Waals surface area (Å²) in [6, 6.07) is 3.49. The van der Waals surface area contributed by atoms with E-state index in [4.69, 9.17) is 19.2 Å². The summed E-state index contributed by atoms with van der Waals surface area (Å²) in [5.74, 6) is -2.77. The third kappa shape index (κ3) is 6.09. The van der Waals surface area contributed by atoms with Gasteiger partial charge >= 0.3 is 11.8 Å². The van der Waals surface area contributed by atoms with Crippen LogP contribution in [0.15, 0.2) is 43.2 Å². The van der Waals surface area contributed by atoms with E-state index in [2.05, 4.69) is 24.5 Å². The fourth-order valence-electron chi connectivity index (χ4n) is 5.50. The maximum Gasteiger partial charge on any atom is 0.402 e. The third-order valence-electron chi connectivity index (χ3n) is 7.83. The molecule has 0 spiro atoms. The molecule has 0 atom stereocenters. The first kappa shape index (κ1) is 28.8. The molecule has 2 fully saturated rings. The van der Waals surface area contributed by atoms with Crippen LogP contribution in [0.3, 0.4) is 0 Å². The van der Waals surface area contributed by atoms with E-state index in [1.807, 2.05) is 18.6 Å². The van der Waals surface area contributed by atoms with E-state index in [0.717, 1.165) is 25.7 Å². The molecule has 0 bridgehead atoms. The van der Waals surface area contributed by atoms with Gasteiger partial charge < -0.3 is 44.0 Å². The Bertz CT molecular complexity index is 1580. The Kier molecular flexibility index (Phi) is 7.85. The highest BCUT2D eigenvalue weighted by molar-refractivity contribution is 5.87. The number of hydrogen-bond acceptors (Lipinski definition) is 12. The number of morpholine rings is 1. The number of hydrogen-bond donors (Lipinski definition) is 2. The summed E-state index contributed by atoms with van der Waals surface area (Å²) in [6.07, 6.45) is 11.5. The van der Waals surface area contributed by atoms with Crippen LogP contribution in [-0.2, 0) is 10.7 Å². The number of nitrogens with zero attached hydrogens (tertiary/aromatic N) is 8. The molecule has 4 aromatic rings. The number of pyridine rings is 2. The van der Waals surface area contributed by atoms with Gasteiger partial charge in [-0.1, -0.05) is 0 Å². The molecule has 228 valence electrons. The highest BCUT2D eigenvalue weighted by Gasteiger charge is 2.41. The number of imidazole rings is 1. The van der Waals surface area contributed by atoms with Crippen molar-refractivity contribution in [3.63, 3.8) is 0 Å². The van der Waals surface area contributed by atoms with Gasteiger partial charge in [-0.3, -0.25) is 4.98 Å². The number of ether oxygens (including phenoxy) is 3. The molecule has 43 heavy (non-hydrogen) atoms. The molecule has 0 aromatic carbocycles. The molecule has 1 aliphatic heterocycles. The number of nitro groups is 1. The van der Waals surface area contributed by atoms with Crippen LogP contribution < -0.4 is 14.4 Å². The predicted molar refractivity (Wildman–Crippen MR) is 153 cm³/mol. The summed E-state index contributed by atoms with van der Waals surface area (Å²) in [4.78, 5) is 26.5. The van der Waals surface area contributed by atoms with Crippen LogP contribution in [0, 0.1) is 10.1 Å². The molecule has 15 nitrogen and oxygen atoms in total. The van der Waals surface area contributed by atoms with Gasteiger partial charge in [0.2, 0.25) is 5.88 Å². The molecule has 1 saturated heterocycles. The maximum atomic E-state index is 11.6. The first-order valence-electron chi connectivity index (χ1n) is 14.3. The molecule has 2 N–H and O–H groups in total. The monoisotopic (exact) mass is 594 g/mol. The molecule has 4 aromatic heterocycles. The summed E-state index contributed by atoms with van der Waals surface area (Å²) >= 11 is 0. The number of fused-ring (bicyclic) bond motifs is 1. The molecule has 0 unspecified atom stereocenters. The zero-order valence-corrected chi connectivity index (χ0v) is 23.9. The lowest BCUT2D eigenvalue weighted by atomic mass is 9.93. The number of rotatable bonds is 9. The van der Waals surface area contributed by atoms with Crippen molar-refractivity contribution >= 4 is 22.5 Å². The van der Waals surface area contributed by atoms with E-state index in [1.54, 1.807) is 26.1 Å². The lowest BCUT2D eigenvalue weighted by Crippen LogP contribution is -2.36. The Morgan fingerprint density at radius 2 is 1.93 bits per heavy atom. The molecule has 1 saturated carbocycles. The zero-order chi connectivity index (χ0) is 30.1. The van der Waals surface area contributed by atoms with Crippen molar-refractivity contribution in [1.29, 1.82) is 0 Å². The number of aliphatic hydroxyl groups is 2. The fraction of sp³-hybridized carbons (Fsp3) is 0.500. The molecule has 0 amide bonds. The Morgan fingerprint density at radius 1 is 1.16 bits per heavy atom. The van der Waals surface area contributed by atoms with E-state index in [-0.39, 0.29) is 17.9 Å². The van der Waals surface area contributed by atoms with Crippen LogP contribution in [-0.4, -0.2) is 76.8 Å². The minimum atomic E-state index is -3.06. The van der Waals surface area contributed by atoms with Gasteiger partial charge in [-0.25, -0.2) is 4.98 Å². The van der Waals surface area contributed by atoms with Crippen molar-refractivity contribution in [2.24, 2.45) is 0 Å². The van der Waals surface area contributed by atoms with Gasteiger partial charge in [0.25, 0.3) is 0 Å². The molecule has 6 rings (SSSR count). The second-order valence-electron chi connectivity index (χ2n) is 11.1. The van der Waals surface area contributed by atoms with Gasteiger partial charge in [-0.2, -0.15) is 9.67 Å². The SMILES string of the molecule is CC(C)n1cc(C(O)(O)Oc2cnc3cc(N4CCOCC4)nc(OC4CCC(n5ccnc5)CC4)c3c2)c([N+](=O)[O-])n1. The van der Waals surface area contributed by atoms with E-state index in [1.165, 1.54) is 17.1 Å². The van der Waals surface area contributed by atoms with Gasteiger partial charge in [-0.05, 0) is 50.5 Å². The van der Waals surface area contributed by atoms with Gasteiger partial charge in [0, 0.05) is 37.6 Å². The molecular weight excluding hydrogens is 560 g/mol. The molecule has 0 radical (unpaired) electrons. The van der Waals surface area contributed by atoms with E-state index in [0.29, 0.717) is 54.9 Å². The van der Waals surface area contributed by atoms with Crippen LogP contribution >= 0.6 is 0 Å². The van der Waals surface area contributed by atoms with Crippen molar-refractivity contribution < 1.29 is 29.3 Å². The van der Waals surface area contributed by atoms with Crippen LogP contribution in [0.25, 0.3) is 10.9 Å². The molecule has 2 aliphatic rings. The third-order valence-corrected chi connectivity index (χ3v) is 7.83. The summed E-state index contributed by atoms with van der Waals surface area (Å²) < 4.78 is 20.9. The molecule has 15 heteroatoms. The zero-order valence-electron chi connectivity index (χ0n) is 23.9. The largest absolute Gasteiger partial charge is 0.474 e. The minimum absolute atomic E-state index is 0.0429. The number of aromatic nitrogens is 6. The second-order valence-corrected chi connectivity index (χ2v) is 11.1. The Hall–Kier alpha value is -4.34. The average Bonchev–Trinajstić information content (AvgIpc) is 3.70. The summed E-state index contributed by atoms with van der Waals surface area (Å²) in [7, 11) is 0. The first-order valence-corrected chi connectivity index (χ1v) is 14.3. The van der Waals surface area contributed by atoms with Crippen LogP contribution in [0.2, 0.25) is 0 Å². The quantitative estimate of drug-likeness (QED) is 0.165. The van der Waals surface area contributed by atoms with Crippen LogP contribution in [0.4, 0.5) is 11.6 Å². The van der Waals surface area contributed by atoms with Crippen LogP contribution in [0.1, 0.15) is 57.2 Å². The first-order chi connectivity index (χ1) is 20.7. The summed E-state index contributed by atoms with van der Waals surface area (Å²) in [5.41, 5.74) is 0.0734. The standard InChI is InChI=1S/C28H34N8O7/c1-18(2)35-16-23(26(32-35)36(39)40)28(37,38)43-21-13-22-24(30-15-21)14-25(33-9-11-41-12-10-33)31-27(22)42-20-5-3-19(4-6-20)34-8-7-29-17-34/h7-8,13-20,37-38H,3-6,9-12H2,1-2H3. The van der Waals surface area contributed by atoms with Crippen molar-refractivity contribution in [1.82, 2.24) is 29.3 Å². The Balaban J connectivity index is 1.30. The van der Waals surface area contributed by atoms with Gasteiger partial charge in [0.05, 0.1) is 54.0 Å². The summed E-state index contributed by atoms with van der Waals surface area (Å²) in [5, 5.41) is 37.7. The lowest BCUT2D eigenvalue weighted by molar-refractivity contribution is -0.397. The Labute approximate surface area is 246 Å². The highest BCUT2D eigenvalue weighted by Crippen LogP contribution is 2.37. The van der Waals surface area contributed by atoms with Crippen molar-refractivity contribution in [3.8, 4) is 11.6 Å². The Morgan fingerprint density at radius 3 is 2.60 bits per heavy atom. The second kappa shape index (κ2) is 11.7. The van der Waals surface area contributed by atoms with Gasteiger partial charge in [0.15, 0.2) is 5.56 Å². The lowest BCUT2D eigenvalue weighted by Gasteiger charge is -2.31. The molecule has 5 heterocycles. The van der Waals surface area contributed by atoms with Crippen molar-refractivity contribution in [2.75, 3.05) is 31.2 Å². The molecular formula is C28H34N8O7. The van der Waals surface area contributed by atoms with Gasteiger partial charge in [0.1, 0.15) is 17.7 Å². The van der Waals surface area contributed by atoms with E-state index < -0.39 is 22.3 Å². The van der Waals surface area contributed by atoms with Crippen molar-refractivity contribution in [2.45, 2.75) is 63.7 Å². The van der Waals surface area contributed by atoms with E-state index in [9.17, 15) is 20.3 Å². The highest BCUT2D eigenvalue weighted by atomic mass is 16.8. The topological polar surface area (TPSA) is 176 Å².